The van der Waals surface area contributed by atoms with Gasteiger partial charge in [-0.3, -0.25) is 4.79 Å². The first kappa shape index (κ1) is 31.2. The predicted octanol–water partition coefficient (Wildman–Crippen LogP) is 4.51. The summed E-state index contributed by atoms with van der Waals surface area (Å²) in [5, 5.41) is 25.7. The topological polar surface area (TPSA) is 104 Å². The van der Waals surface area contributed by atoms with Crippen molar-refractivity contribution in [3.05, 3.63) is 71.3 Å². The molecule has 0 saturated carbocycles. The molecule has 2 aliphatic rings. The summed E-state index contributed by atoms with van der Waals surface area (Å²) in [4.78, 5) is 9.76. The van der Waals surface area contributed by atoms with Crippen LogP contribution in [0.4, 0.5) is 0 Å². The maximum atomic E-state index is 9.76. The second-order valence-corrected chi connectivity index (χ2v) is 8.63. The number of rotatable bonds is 2. The van der Waals surface area contributed by atoms with Crippen LogP contribution in [0.25, 0.3) is 0 Å². The molecule has 0 aliphatic heterocycles. The molecule has 0 aromatic rings. The number of aliphatic carboxylic acids is 1. The van der Waals surface area contributed by atoms with Gasteiger partial charge >= 0.3 is 40.5 Å². The van der Waals surface area contributed by atoms with Crippen LogP contribution in [0.3, 0.4) is 0 Å². The van der Waals surface area contributed by atoms with E-state index >= 15 is 0 Å². The van der Waals surface area contributed by atoms with E-state index in [0.717, 1.165) is 11.1 Å². The van der Waals surface area contributed by atoms with Crippen LogP contribution in [0.1, 0.15) is 13.8 Å². The Morgan fingerprint density at radius 3 is 1.33 bits per heavy atom. The quantitative estimate of drug-likeness (QED) is 0.195. The maximum absolute atomic E-state index is 9.76. The normalized spacial score (nSPS) is 13.0. The summed E-state index contributed by atoms with van der Waals surface area (Å²) in [6.45, 7) is 3.35. The molecule has 152 valence electrons. The number of aliphatic hydroxyl groups is 2. The van der Waals surface area contributed by atoms with Crippen molar-refractivity contribution in [2.24, 2.45) is 5.73 Å². The fourth-order valence-corrected chi connectivity index (χ4v) is 1.46. The van der Waals surface area contributed by atoms with Crippen molar-refractivity contribution in [2.75, 3.05) is 5.75 Å². The second kappa shape index (κ2) is 20.2. The van der Waals surface area contributed by atoms with Crippen LogP contribution >= 0.6 is 32.3 Å². The Morgan fingerprint density at radius 2 is 1.26 bits per heavy atom. The SMILES string of the molecule is CC(O)=C1C=CC=C1.CC(O)=C1C=CC=C1.N[C@@H](CS)C(=O)O.[Fe].[S]=[Mo]=[S]. The molecule has 0 spiro atoms. The Hall–Kier alpha value is -0.532. The van der Waals surface area contributed by atoms with Crippen molar-refractivity contribution < 1.29 is 52.1 Å². The molecule has 2 rings (SSSR count). The van der Waals surface area contributed by atoms with Gasteiger partial charge in [-0.25, -0.2) is 0 Å². The van der Waals surface area contributed by atoms with Crippen LogP contribution in [0.2, 0.25) is 0 Å². The zero-order valence-electron chi connectivity index (χ0n) is 14.8. The third kappa shape index (κ3) is 18.6. The van der Waals surface area contributed by atoms with Gasteiger partial charge in [0.2, 0.25) is 0 Å². The fraction of sp³-hybridized carbons (Fsp3) is 0.235. The van der Waals surface area contributed by atoms with Crippen LogP contribution in [0.5, 0.6) is 0 Å². The molecule has 5 N–H and O–H groups in total. The summed E-state index contributed by atoms with van der Waals surface area (Å²) in [6, 6.07) is -0.816. The average molecular weight is 553 g/mol. The van der Waals surface area contributed by atoms with E-state index in [0.29, 0.717) is 11.5 Å². The first-order chi connectivity index (χ1) is 12.2. The molecule has 0 unspecified atom stereocenters. The molecule has 2 aliphatic carbocycles. The van der Waals surface area contributed by atoms with Gasteiger partial charge in [-0.2, -0.15) is 12.6 Å². The van der Waals surface area contributed by atoms with Gasteiger partial charge in [-0.1, -0.05) is 48.6 Å². The monoisotopic (exact) mass is 555 g/mol. The van der Waals surface area contributed by atoms with Crippen molar-refractivity contribution in [1.29, 1.82) is 0 Å². The molecular weight excluding hydrogens is 530 g/mol. The molecule has 5 nitrogen and oxygen atoms in total. The number of hydrogen-bond acceptors (Lipinski definition) is 7. The number of allylic oxidation sites excluding steroid dienone is 12. The van der Waals surface area contributed by atoms with E-state index in [1.807, 2.05) is 48.6 Å². The van der Waals surface area contributed by atoms with Gasteiger partial charge in [-0.05, 0) is 13.8 Å². The Balaban J connectivity index is -0.000000294. The number of nitrogens with two attached hydrogens (primary N) is 1. The summed E-state index contributed by atoms with van der Waals surface area (Å²) >= 11 is 3.29. The van der Waals surface area contributed by atoms with E-state index in [1.54, 1.807) is 13.8 Å². The van der Waals surface area contributed by atoms with E-state index in [2.05, 4.69) is 32.3 Å². The number of aliphatic hydroxyl groups excluding tert-OH is 2. The van der Waals surface area contributed by atoms with Gasteiger partial charge in [0.25, 0.3) is 0 Å². The average Bonchev–Trinajstić information content (AvgIpc) is 3.29. The van der Waals surface area contributed by atoms with Crippen LogP contribution in [-0.4, -0.2) is 33.1 Å². The molecular formula is C17H23FeMoNO4S3. The Kier molecular flexibility index (Phi) is 23.3. The minimum atomic E-state index is -1.00. The second-order valence-electron chi connectivity index (χ2n) is 4.71. The molecule has 0 fully saturated rings. The van der Waals surface area contributed by atoms with Crippen LogP contribution in [0.15, 0.2) is 71.3 Å². The van der Waals surface area contributed by atoms with Gasteiger partial charge in [0.05, 0.1) is 11.5 Å². The standard InChI is InChI=1S/2C7H8O.C3H7NO2S.Fe.Mo.2S/c2*1-6(8)7-4-2-3-5-7;4-2(1-7)3(5)6;;;;/h2*2-5,8H,1H3;2,7H,1,4H2,(H,5,6);;;;/t;;2-;;;;/m..0..../s1. The Morgan fingerprint density at radius 1 is 1.00 bits per heavy atom. The third-order valence-corrected chi connectivity index (χ3v) is 3.07. The molecule has 0 aromatic heterocycles. The summed E-state index contributed by atoms with van der Waals surface area (Å²) < 4.78 is 0. The number of carbonyl (C=O) groups is 1. The molecule has 0 radical (unpaired) electrons. The molecule has 0 heterocycles. The van der Waals surface area contributed by atoms with Gasteiger partial charge < -0.3 is 21.1 Å². The molecule has 0 amide bonds. The first-order valence-electron chi connectivity index (χ1n) is 7.21. The molecule has 0 saturated heterocycles. The van der Waals surface area contributed by atoms with Gasteiger partial charge in [0, 0.05) is 34.0 Å². The predicted molar refractivity (Wildman–Crippen MR) is 112 cm³/mol. The Bertz CT molecular complexity index is 602. The summed E-state index contributed by atoms with van der Waals surface area (Å²) in [5.74, 6) is -0.0463. The zero-order chi connectivity index (χ0) is 20.5. The van der Waals surface area contributed by atoms with E-state index < -0.39 is 12.0 Å². The number of thiol groups is 1. The van der Waals surface area contributed by atoms with E-state index in [1.165, 1.54) is 0 Å². The first-order valence-corrected chi connectivity index (χ1v) is 13.4. The Labute approximate surface area is 191 Å². The molecule has 27 heavy (non-hydrogen) atoms. The fourth-order valence-electron chi connectivity index (χ4n) is 1.31. The molecule has 10 heteroatoms. The molecule has 0 bridgehead atoms. The minimum absolute atomic E-state index is 0. The van der Waals surface area contributed by atoms with Crippen molar-refractivity contribution in [3.8, 4) is 0 Å². The van der Waals surface area contributed by atoms with Gasteiger partial charge in [0.1, 0.15) is 6.04 Å². The van der Waals surface area contributed by atoms with Gasteiger partial charge in [0.15, 0.2) is 0 Å². The van der Waals surface area contributed by atoms with E-state index in [4.69, 9.17) is 21.1 Å². The van der Waals surface area contributed by atoms with Crippen LogP contribution in [0, 0.1) is 0 Å². The van der Waals surface area contributed by atoms with E-state index in [9.17, 15) is 4.79 Å². The number of carboxylic acids is 1. The van der Waals surface area contributed by atoms with Crippen LogP contribution < -0.4 is 5.73 Å². The van der Waals surface area contributed by atoms with Crippen molar-refractivity contribution in [3.63, 3.8) is 0 Å². The summed E-state index contributed by atoms with van der Waals surface area (Å²) in [5.41, 5.74) is 6.75. The van der Waals surface area contributed by atoms with Gasteiger partial charge in [-0.15, -0.1) is 0 Å². The zero-order valence-corrected chi connectivity index (χ0v) is 20.4. The third-order valence-electron chi connectivity index (χ3n) is 2.67. The number of carboxylic acid groups (broad SMARTS) is 1. The molecule has 0 aromatic carbocycles. The summed E-state index contributed by atoms with van der Waals surface area (Å²) in [6.07, 6.45) is 15.1. The van der Waals surface area contributed by atoms with E-state index in [-0.39, 0.29) is 37.7 Å². The van der Waals surface area contributed by atoms with Crippen molar-refractivity contribution in [2.45, 2.75) is 19.9 Å². The van der Waals surface area contributed by atoms with Crippen molar-refractivity contribution in [1.82, 2.24) is 0 Å². The van der Waals surface area contributed by atoms with Crippen LogP contribution in [-0.2, 0) is 36.8 Å². The summed E-state index contributed by atoms with van der Waals surface area (Å²) in [7, 11) is 8.68. The number of hydrogen-bond donors (Lipinski definition) is 5. The van der Waals surface area contributed by atoms with Crippen molar-refractivity contribution >= 4 is 38.2 Å². The molecule has 1 atom stereocenters.